The van der Waals surface area contributed by atoms with Gasteiger partial charge >= 0.3 is 0 Å². The summed E-state index contributed by atoms with van der Waals surface area (Å²) in [4.78, 5) is 29.5. The Labute approximate surface area is 189 Å². The quantitative estimate of drug-likeness (QED) is 0.668. The lowest BCUT2D eigenvalue weighted by Gasteiger charge is -2.37. The average Bonchev–Trinajstić information content (AvgIpc) is 3.26. The van der Waals surface area contributed by atoms with Crippen molar-refractivity contribution in [3.8, 4) is 11.5 Å². The number of carbonyl (C=O) groups excluding carboxylic acids is 2. The van der Waals surface area contributed by atoms with Crippen molar-refractivity contribution in [3.05, 3.63) is 18.2 Å². The van der Waals surface area contributed by atoms with E-state index in [1.165, 1.54) is 16.4 Å². The van der Waals surface area contributed by atoms with Crippen LogP contribution in [-0.2, 0) is 19.6 Å². The van der Waals surface area contributed by atoms with Gasteiger partial charge in [-0.05, 0) is 25.0 Å². The van der Waals surface area contributed by atoms with Gasteiger partial charge in [-0.1, -0.05) is 20.8 Å². The van der Waals surface area contributed by atoms with E-state index in [9.17, 15) is 18.0 Å². The smallest absolute Gasteiger partial charge is 0.245 e. The molecular weight excluding hydrogens is 434 g/mol. The number of rotatable bonds is 3. The molecule has 1 aromatic carbocycles. The zero-order valence-corrected chi connectivity index (χ0v) is 19.7. The number of likely N-dealkylation sites (tertiary alicyclic amines) is 1. The highest BCUT2D eigenvalue weighted by molar-refractivity contribution is 7.89. The summed E-state index contributed by atoms with van der Waals surface area (Å²) >= 11 is 0. The molecule has 0 radical (unpaired) electrons. The van der Waals surface area contributed by atoms with E-state index in [2.05, 4.69) is 0 Å². The van der Waals surface area contributed by atoms with Crippen LogP contribution in [0.3, 0.4) is 0 Å². The number of piperazine rings is 1. The first-order valence-corrected chi connectivity index (χ1v) is 12.5. The van der Waals surface area contributed by atoms with E-state index in [-0.39, 0.29) is 29.8 Å². The highest BCUT2D eigenvalue weighted by atomic mass is 32.2. The van der Waals surface area contributed by atoms with Gasteiger partial charge < -0.3 is 19.3 Å². The van der Waals surface area contributed by atoms with Gasteiger partial charge in [-0.25, -0.2) is 8.42 Å². The van der Waals surface area contributed by atoms with Crippen molar-refractivity contribution in [2.24, 2.45) is 5.41 Å². The minimum atomic E-state index is -3.71. The number of ether oxygens (including phenoxy) is 2. The molecule has 32 heavy (non-hydrogen) atoms. The Balaban J connectivity index is 1.41. The summed E-state index contributed by atoms with van der Waals surface area (Å²) in [7, 11) is -3.71. The molecule has 0 N–H and O–H groups in total. The zero-order valence-electron chi connectivity index (χ0n) is 18.9. The molecule has 1 aromatic rings. The molecule has 0 spiro atoms. The van der Waals surface area contributed by atoms with E-state index in [0.717, 1.165) is 6.42 Å². The summed E-state index contributed by atoms with van der Waals surface area (Å²) in [5.41, 5.74) is -0.542. The molecule has 2 amide bonds. The molecule has 1 unspecified atom stereocenters. The van der Waals surface area contributed by atoms with Gasteiger partial charge in [-0.15, -0.1) is 0 Å². The van der Waals surface area contributed by atoms with Crippen molar-refractivity contribution in [1.82, 2.24) is 14.1 Å². The molecule has 0 saturated carbocycles. The number of sulfonamides is 1. The Kier molecular flexibility index (Phi) is 6.10. The van der Waals surface area contributed by atoms with Crippen LogP contribution >= 0.6 is 0 Å². The molecule has 0 aliphatic carbocycles. The first-order valence-electron chi connectivity index (χ1n) is 11.1. The lowest BCUT2D eigenvalue weighted by atomic mass is 9.94. The maximum absolute atomic E-state index is 13.2. The predicted molar refractivity (Wildman–Crippen MR) is 117 cm³/mol. The van der Waals surface area contributed by atoms with Gasteiger partial charge in [0.15, 0.2) is 11.5 Å². The summed E-state index contributed by atoms with van der Waals surface area (Å²) in [6, 6.07) is 4.18. The van der Waals surface area contributed by atoms with Gasteiger partial charge in [0.25, 0.3) is 0 Å². The molecule has 1 atom stereocenters. The number of amides is 2. The molecule has 9 nitrogen and oxygen atoms in total. The van der Waals surface area contributed by atoms with E-state index < -0.39 is 21.5 Å². The Morgan fingerprint density at radius 3 is 2.28 bits per heavy atom. The van der Waals surface area contributed by atoms with Crippen LogP contribution in [0.15, 0.2) is 23.1 Å². The van der Waals surface area contributed by atoms with Crippen LogP contribution in [0.4, 0.5) is 0 Å². The van der Waals surface area contributed by atoms with Crippen LogP contribution in [0.2, 0.25) is 0 Å². The highest BCUT2D eigenvalue weighted by Gasteiger charge is 2.41. The van der Waals surface area contributed by atoms with Crippen LogP contribution in [0, 0.1) is 5.41 Å². The highest BCUT2D eigenvalue weighted by Crippen LogP contribution is 2.33. The lowest BCUT2D eigenvalue weighted by molar-refractivity contribution is -0.148. The fraction of sp³-hybridized carbons (Fsp3) is 0.636. The standard InChI is InChI=1S/C22H31N3O6S/c1-22(2,3)21(27)25-8-4-5-17(25)20(26)23-9-11-24(12-10-23)32(28,29)16-6-7-18-19(15-16)31-14-13-30-18/h6-7,15,17H,4-5,8-14H2,1-3H3. The molecule has 2 fully saturated rings. The molecule has 3 aliphatic heterocycles. The second-order valence-electron chi connectivity index (χ2n) is 9.44. The van der Waals surface area contributed by atoms with Crippen LogP contribution in [0.1, 0.15) is 33.6 Å². The third-order valence-electron chi connectivity index (χ3n) is 6.14. The van der Waals surface area contributed by atoms with Crippen LogP contribution in [0.5, 0.6) is 11.5 Å². The lowest BCUT2D eigenvalue weighted by Crippen LogP contribution is -2.56. The SMILES string of the molecule is CC(C)(C)C(=O)N1CCCC1C(=O)N1CCN(S(=O)(=O)c2ccc3c(c2)OCCO3)CC1. The minimum Gasteiger partial charge on any atom is -0.486 e. The molecular formula is C22H31N3O6S. The maximum Gasteiger partial charge on any atom is 0.245 e. The van der Waals surface area contributed by atoms with Crippen molar-refractivity contribution in [3.63, 3.8) is 0 Å². The molecule has 4 rings (SSSR count). The number of nitrogens with zero attached hydrogens (tertiary/aromatic N) is 3. The fourth-order valence-corrected chi connectivity index (χ4v) is 5.83. The molecule has 0 bridgehead atoms. The van der Waals surface area contributed by atoms with E-state index in [1.807, 2.05) is 20.8 Å². The van der Waals surface area contributed by atoms with Crippen LogP contribution < -0.4 is 9.47 Å². The molecule has 3 heterocycles. The minimum absolute atomic E-state index is 0.0202. The zero-order chi connectivity index (χ0) is 23.1. The average molecular weight is 466 g/mol. The second-order valence-corrected chi connectivity index (χ2v) is 11.4. The van der Waals surface area contributed by atoms with E-state index in [0.29, 0.717) is 50.8 Å². The summed E-state index contributed by atoms with van der Waals surface area (Å²) in [6.07, 6.45) is 1.45. The first-order chi connectivity index (χ1) is 15.1. The Hall–Kier alpha value is -2.33. The first kappa shape index (κ1) is 22.8. The Bertz CT molecular complexity index is 995. The van der Waals surface area contributed by atoms with Crippen molar-refractivity contribution < 1.29 is 27.5 Å². The number of hydrogen-bond acceptors (Lipinski definition) is 6. The fourth-order valence-electron chi connectivity index (χ4n) is 4.39. The predicted octanol–water partition coefficient (Wildman–Crippen LogP) is 1.33. The Morgan fingerprint density at radius 1 is 0.969 bits per heavy atom. The third kappa shape index (κ3) is 4.30. The second kappa shape index (κ2) is 8.55. The van der Waals surface area contributed by atoms with Crippen molar-refractivity contribution in [2.45, 2.75) is 44.6 Å². The molecule has 176 valence electrons. The third-order valence-corrected chi connectivity index (χ3v) is 8.04. The summed E-state index contributed by atoms with van der Waals surface area (Å²) in [5.74, 6) is 0.858. The maximum atomic E-state index is 13.2. The summed E-state index contributed by atoms with van der Waals surface area (Å²) in [6.45, 7) is 8.01. The Morgan fingerprint density at radius 2 is 1.62 bits per heavy atom. The monoisotopic (exact) mass is 465 g/mol. The van der Waals surface area contributed by atoms with Gasteiger partial charge in [0, 0.05) is 44.2 Å². The molecule has 0 aromatic heterocycles. The van der Waals surface area contributed by atoms with Crippen LogP contribution in [-0.4, -0.2) is 86.3 Å². The van der Waals surface area contributed by atoms with Gasteiger partial charge in [-0.3, -0.25) is 9.59 Å². The normalized spacial score (nSPS) is 22.2. The largest absolute Gasteiger partial charge is 0.486 e. The van der Waals surface area contributed by atoms with Crippen LogP contribution in [0.25, 0.3) is 0 Å². The van der Waals surface area contributed by atoms with E-state index in [4.69, 9.17) is 9.47 Å². The topological polar surface area (TPSA) is 96.5 Å². The van der Waals surface area contributed by atoms with Gasteiger partial charge in [-0.2, -0.15) is 4.31 Å². The molecule has 2 saturated heterocycles. The van der Waals surface area contributed by atoms with Crippen molar-refractivity contribution in [2.75, 3.05) is 45.9 Å². The van der Waals surface area contributed by atoms with Gasteiger partial charge in [0.2, 0.25) is 21.8 Å². The van der Waals surface area contributed by atoms with E-state index >= 15 is 0 Å². The molecule has 3 aliphatic rings. The van der Waals surface area contributed by atoms with E-state index in [1.54, 1.807) is 15.9 Å². The van der Waals surface area contributed by atoms with Gasteiger partial charge in [0.1, 0.15) is 19.3 Å². The molecule has 10 heteroatoms. The van der Waals surface area contributed by atoms with Gasteiger partial charge in [0.05, 0.1) is 4.90 Å². The van der Waals surface area contributed by atoms with Crippen molar-refractivity contribution >= 4 is 21.8 Å². The number of benzene rings is 1. The number of carbonyl (C=O) groups is 2. The summed E-state index contributed by atoms with van der Waals surface area (Å²) in [5, 5.41) is 0. The number of fused-ring (bicyclic) bond motifs is 1. The number of hydrogen-bond donors (Lipinski definition) is 0. The van der Waals surface area contributed by atoms with Crippen molar-refractivity contribution in [1.29, 1.82) is 0 Å². The summed E-state index contributed by atoms with van der Waals surface area (Å²) < 4.78 is 38.6.